The van der Waals surface area contributed by atoms with Crippen LogP contribution in [-0.2, 0) is 11.3 Å². The Morgan fingerprint density at radius 2 is 1.39 bits per heavy atom. The maximum Gasteiger partial charge on any atom is 0.573 e. The van der Waals surface area contributed by atoms with Crippen LogP contribution in [0.1, 0.15) is 15.9 Å². The van der Waals surface area contributed by atoms with Crippen molar-refractivity contribution in [2.75, 3.05) is 26.3 Å². The van der Waals surface area contributed by atoms with Crippen LogP contribution >= 0.6 is 31.9 Å². The number of hydrogen-bond donors (Lipinski definition) is 0. The van der Waals surface area contributed by atoms with Gasteiger partial charge in [0, 0.05) is 25.2 Å². The molecular weight excluding hydrogens is 592 g/mol. The number of benzene rings is 2. The SMILES string of the molecule is FC(F)(F)Oc1ccc(CN2CCOCC2)cc1Br.O=Cc1ccc(OC(F)(F)F)c(Br)c1. The molecule has 1 aliphatic rings. The molecule has 33 heavy (non-hydrogen) atoms. The van der Waals surface area contributed by atoms with Gasteiger partial charge in [0.15, 0.2) is 0 Å². The van der Waals surface area contributed by atoms with Crippen molar-refractivity contribution < 1.29 is 45.3 Å². The summed E-state index contributed by atoms with van der Waals surface area (Å²) in [5, 5.41) is 0. The number of ether oxygens (including phenoxy) is 3. The summed E-state index contributed by atoms with van der Waals surface area (Å²) in [7, 11) is 0. The van der Waals surface area contributed by atoms with E-state index in [2.05, 4.69) is 46.2 Å². The summed E-state index contributed by atoms with van der Waals surface area (Å²) in [5.41, 5.74) is 1.20. The first kappa shape index (κ1) is 27.4. The molecule has 1 fully saturated rings. The van der Waals surface area contributed by atoms with Crippen molar-refractivity contribution in [3.63, 3.8) is 0 Å². The molecule has 0 radical (unpaired) electrons. The van der Waals surface area contributed by atoms with E-state index in [1.807, 2.05) is 0 Å². The third-order valence-corrected chi connectivity index (χ3v) is 5.29. The van der Waals surface area contributed by atoms with Gasteiger partial charge in [0.1, 0.15) is 17.8 Å². The second kappa shape index (κ2) is 12.0. The van der Waals surface area contributed by atoms with Crippen molar-refractivity contribution in [3.8, 4) is 11.5 Å². The molecule has 1 heterocycles. The number of alkyl halides is 6. The number of morpholine rings is 1. The summed E-state index contributed by atoms with van der Waals surface area (Å²) in [6.07, 6.45) is -8.87. The van der Waals surface area contributed by atoms with E-state index in [0.717, 1.165) is 24.7 Å². The summed E-state index contributed by atoms with van der Waals surface area (Å²) < 4.78 is 85.0. The number of halogens is 8. The van der Waals surface area contributed by atoms with E-state index < -0.39 is 12.7 Å². The molecule has 0 atom stereocenters. The fourth-order valence-electron chi connectivity index (χ4n) is 2.67. The van der Waals surface area contributed by atoms with Gasteiger partial charge < -0.3 is 14.2 Å². The van der Waals surface area contributed by atoms with Crippen LogP contribution in [0.15, 0.2) is 45.3 Å². The van der Waals surface area contributed by atoms with Crippen LogP contribution in [0.5, 0.6) is 11.5 Å². The highest BCUT2D eigenvalue weighted by Gasteiger charge is 2.32. The lowest BCUT2D eigenvalue weighted by atomic mass is 10.2. The highest BCUT2D eigenvalue weighted by Crippen LogP contribution is 2.32. The van der Waals surface area contributed by atoms with E-state index in [1.54, 1.807) is 12.1 Å². The average molecular weight is 609 g/mol. The lowest BCUT2D eigenvalue weighted by molar-refractivity contribution is -0.275. The number of nitrogens with zero attached hydrogens (tertiary/aromatic N) is 1. The number of carbonyl (C=O) groups is 1. The van der Waals surface area contributed by atoms with Gasteiger partial charge in [-0.1, -0.05) is 6.07 Å². The molecule has 182 valence electrons. The molecule has 0 saturated carbocycles. The first-order valence-corrected chi connectivity index (χ1v) is 10.8. The lowest BCUT2D eigenvalue weighted by Gasteiger charge is -2.26. The predicted molar refractivity (Wildman–Crippen MR) is 113 cm³/mol. The molecule has 5 nitrogen and oxygen atoms in total. The van der Waals surface area contributed by atoms with Gasteiger partial charge in [-0.2, -0.15) is 0 Å². The summed E-state index contributed by atoms with van der Waals surface area (Å²) in [6, 6.07) is 8.17. The highest BCUT2D eigenvalue weighted by atomic mass is 79.9. The number of rotatable bonds is 5. The zero-order chi connectivity index (χ0) is 24.6. The van der Waals surface area contributed by atoms with Crippen LogP contribution in [0.2, 0.25) is 0 Å². The minimum atomic E-state index is -4.73. The maximum absolute atomic E-state index is 12.1. The second-order valence-corrected chi connectivity index (χ2v) is 8.27. The average Bonchev–Trinajstić information content (AvgIpc) is 2.71. The molecule has 0 bridgehead atoms. The van der Waals surface area contributed by atoms with Gasteiger partial charge in [-0.3, -0.25) is 9.69 Å². The van der Waals surface area contributed by atoms with E-state index in [1.165, 1.54) is 18.2 Å². The lowest BCUT2D eigenvalue weighted by Crippen LogP contribution is -2.35. The summed E-state index contributed by atoms with van der Waals surface area (Å²) >= 11 is 5.95. The van der Waals surface area contributed by atoms with Crippen LogP contribution in [0.3, 0.4) is 0 Å². The van der Waals surface area contributed by atoms with Crippen molar-refractivity contribution in [2.24, 2.45) is 0 Å². The standard InChI is InChI=1S/C12H13BrF3NO2.C8H4BrF3O2/c13-10-7-9(8-17-3-5-18-6-4-17)1-2-11(10)19-12(14,15)16;9-6-3-5(4-13)1-2-7(6)14-8(10,11)12/h1-2,7H,3-6,8H2;1-4H. The van der Waals surface area contributed by atoms with Gasteiger partial charge in [0.2, 0.25) is 0 Å². The largest absolute Gasteiger partial charge is 0.573 e. The molecule has 0 aliphatic carbocycles. The Bertz CT molecular complexity index is 934. The molecule has 0 N–H and O–H groups in total. The first-order chi connectivity index (χ1) is 15.4. The fourth-order valence-corrected chi connectivity index (χ4v) is 3.65. The van der Waals surface area contributed by atoms with Gasteiger partial charge in [-0.25, -0.2) is 0 Å². The molecule has 2 aromatic carbocycles. The first-order valence-electron chi connectivity index (χ1n) is 9.21. The van der Waals surface area contributed by atoms with Gasteiger partial charge >= 0.3 is 12.7 Å². The summed E-state index contributed by atoms with van der Waals surface area (Å²) in [5.74, 6) is -0.596. The van der Waals surface area contributed by atoms with Crippen LogP contribution in [0, 0.1) is 0 Å². The molecule has 13 heteroatoms. The Hall–Kier alpha value is -1.83. The third kappa shape index (κ3) is 10.3. The Morgan fingerprint density at radius 3 is 1.85 bits per heavy atom. The Labute approximate surface area is 201 Å². The van der Waals surface area contributed by atoms with E-state index in [4.69, 9.17) is 4.74 Å². The minimum absolute atomic E-state index is 0.0828. The Balaban J connectivity index is 0.000000245. The molecule has 3 rings (SSSR count). The van der Waals surface area contributed by atoms with Gasteiger partial charge in [-0.05, 0) is 67.8 Å². The van der Waals surface area contributed by atoms with E-state index in [-0.39, 0.29) is 21.5 Å². The Morgan fingerprint density at radius 1 is 0.879 bits per heavy atom. The smallest absolute Gasteiger partial charge is 0.405 e. The second-order valence-electron chi connectivity index (χ2n) is 6.56. The van der Waals surface area contributed by atoms with Crippen molar-refractivity contribution in [1.82, 2.24) is 4.90 Å². The quantitative estimate of drug-likeness (QED) is 0.293. The topological polar surface area (TPSA) is 48.0 Å². The van der Waals surface area contributed by atoms with Gasteiger partial charge in [0.05, 0.1) is 22.2 Å². The molecule has 1 aliphatic heterocycles. The van der Waals surface area contributed by atoms with E-state index in [0.29, 0.717) is 30.5 Å². The van der Waals surface area contributed by atoms with Crippen LogP contribution in [0.25, 0.3) is 0 Å². The van der Waals surface area contributed by atoms with Crippen molar-refractivity contribution >= 4 is 38.1 Å². The zero-order valence-corrected chi connectivity index (χ0v) is 19.9. The molecule has 1 saturated heterocycles. The molecule has 0 aromatic heterocycles. The van der Waals surface area contributed by atoms with Gasteiger partial charge in [0.25, 0.3) is 0 Å². The van der Waals surface area contributed by atoms with E-state index >= 15 is 0 Å². The summed E-state index contributed by atoms with van der Waals surface area (Å²) in [6.45, 7) is 3.73. The number of aldehydes is 1. The number of hydrogen-bond acceptors (Lipinski definition) is 5. The predicted octanol–water partition coefficient (Wildman–Crippen LogP) is 6.34. The maximum atomic E-state index is 12.1. The van der Waals surface area contributed by atoms with Crippen molar-refractivity contribution in [2.45, 2.75) is 19.3 Å². The normalized spacial score (nSPS) is 14.8. The fraction of sp³-hybridized carbons (Fsp3) is 0.350. The molecule has 0 unspecified atom stereocenters. The monoisotopic (exact) mass is 607 g/mol. The number of carbonyl (C=O) groups excluding carboxylic acids is 1. The van der Waals surface area contributed by atoms with E-state index in [9.17, 15) is 31.1 Å². The van der Waals surface area contributed by atoms with Crippen LogP contribution in [0.4, 0.5) is 26.3 Å². The molecular formula is C20H17Br2F6NO4. The highest BCUT2D eigenvalue weighted by molar-refractivity contribution is 9.10. The zero-order valence-electron chi connectivity index (χ0n) is 16.7. The van der Waals surface area contributed by atoms with Crippen LogP contribution < -0.4 is 9.47 Å². The molecule has 2 aromatic rings. The van der Waals surface area contributed by atoms with Crippen LogP contribution in [-0.4, -0.2) is 50.2 Å². The minimum Gasteiger partial charge on any atom is -0.405 e. The molecule has 0 amide bonds. The molecule has 0 spiro atoms. The van der Waals surface area contributed by atoms with Crippen molar-refractivity contribution in [3.05, 3.63) is 56.5 Å². The Kier molecular flexibility index (Phi) is 10.0. The van der Waals surface area contributed by atoms with Crippen molar-refractivity contribution in [1.29, 1.82) is 0 Å². The third-order valence-electron chi connectivity index (χ3n) is 4.05. The van der Waals surface area contributed by atoms with Gasteiger partial charge in [-0.15, -0.1) is 26.3 Å². The summed E-state index contributed by atoms with van der Waals surface area (Å²) in [4.78, 5) is 12.5.